The second kappa shape index (κ2) is 19.7. The number of hydrogen-bond acceptors (Lipinski definition) is 7. The Morgan fingerprint density at radius 2 is 1.27 bits per heavy atom. The molecule has 0 radical (unpaired) electrons. The fourth-order valence-electron chi connectivity index (χ4n) is 3.53. The van der Waals surface area contributed by atoms with Crippen LogP contribution >= 0.6 is 0 Å². The van der Waals surface area contributed by atoms with Crippen LogP contribution in [-0.4, -0.2) is 76.4 Å². The van der Waals surface area contributed by atoms with Gasteiger partial charge in [0, 0.05) is 32.5 Å². The van der Waals surface area contributed by atoms with Gasteiger partial charge in [-0.2, -0.15) is 0 Å². The summed E-state index contributed by atoms with van der Waals surface area (Å²) in [4.78, 5) is 0. The average molecular weight is 474 g/mol. The van der Waals surface area contributed by atoms with Gasteiger partial charge in [-0.25, -0.2) is 0 Å². The molecule has 0 aromatic heterocycles. The number of nitrogens with two attached hydrogens (primary N) is 1. The van der Waals surface area contributed by atoms with Crippen molar-refractivity contribution in [1.82, 2.24) is 0 Å². The molecule has 0 saturated carbocycles. The van der Waals surface area contributed by atoms with Crippen molar-refractivity contribution in [3.8, 4) is 0 Å². The molecule has 1 fully saturated rings. The van der Waals surface area contributed by atoms with E-state index in [4.69, 9.17) is 34.2 Å². The molecule has 0 aliphatic carbocycles. The summed E-state index contributed by atoms with van der Waals surface area (Å²) >= 11 is 0. The summed E-state index contributed by atoms with van der Waals surface area (Å²) in [7, 11) is 0. The molecule has 196 valence electrons. The zero-order valence-corrected chi connectivity index (χ0v) is 21.7. The summed E-state index contributed by atoms with van der Waals surface area (Å²) in [6.45, 7) is 15.7. The van der Waals surface area contributed by atoms with Gasteiger partial charge in [0.2, 0.25) is 0 Å². The van der Waals surface area contributed by atoms with Crippen molar-refractivity contribution in [3.63, 3.8) is 0 Å². The first-order chi connectivity index (χ1) is 16.1. The second-order valence-electron chi connectivity index (χ2n) is 8.77. The van der Waals surface area contributed by atoms with Crippen LogP contribution in [-0.2, 0) is 28.4 Å². The highest BCUT2D eigenvalue weighted by Crippen LogP contribution is 2.30. The minimum atomic E-state index is -0.606. The highest BCUT2D eigenvalue weighted by Gasteiger charge is 2.48. The Bertz CT molecular complexity index is 466. The molecule has 1 aliphatic heterocycles. The SMILES string of the molecule is C=C[C@@H](N)CO[C@H]1OC(COCCCC)[C@@H](OCCCC)[C@@H](OCCCC)[C@H]1OCCCC. The molecule has 0 aromatic carbocycles. The van der Waals surface area contributed by atoms with E-state index in [-0.39, 0.29) is 24.4 Å². The second-order valence-corrected chi connectivity index (χ2v) is 8.77. The normalized spacial score (nSPS) is 26.4. The molecule has 1 rings (SSSR count). The fourth-order valence-corrected chi connectivity index (χ4v) is 3.53. The third-order valence-electron chi connectivity index (χ3n) is 5.70. The van der Waals surface area contributed by atoms with Crippen LogP contribution in [0.25, 0.3) is 0 Å². The van der Waals surface area contributed by atoms with Crippen LogP contribution in [0, 0.1) is 0 Å². The summed E-state index contributed by atoms with van der Waals surface area (Å²) in [6.07, 6.45) is 7.97. The van der Waals surface area contributed by atoms with Crippen LogP contribution in [0.1, 0.15) is 79.1 Å². The molecule has 7 nitrogen and oxygen atoms in total. The topological polar surface area (TPSA) is 81.4 Å². The first-order valence-corrected chi connectivity index (χ1v) is 13.2. The van der Waals surface area contributed by atoms with Crippen molar-refractivity contribution in [2.75, 3.05) is 39.6 Å². The Balaban J connectivity index is 3.09. The molecule has 2 N–H and O–H groups in total. The third kappa shape index (κ3) is 12.1. The molecule has 0 aromatic rings. The molecule has 1 aliphatic rings. The molecular weight excluding hydrogens is 422 g/mol. The quantitative estimate of drug-likeness (QED) is 0.192. The van der Waals surface area contributed by atoms with Gasteiger partial charge >= 0.3 is 0 Å². The lowest BCUT2D eigenvalue weighted by molar-refractivity contribution is -0.323. The molecule has 1 saturated heterocycles. The summed E-state index contributed by atoms with van der Waals surface area (Å²) < 4.78 is 37.6. The smallest absolute Gasteiger partial charge is 0.187 e. The van der Waals surface area contributed by atoms with Crippen molar-refractivity contribution in [1.29, 1.82) is 0 Å². The maximum atomic E-state index is 6.42. The minimum absolute atomic E-state index is 0.276. The standard InChI is InChI=1S/C26H51NO6/c1-6-11-15-28-20-22-23(29-16-12-7-2)24(30-17-13-8-3)25(31-18-14-9-4)26(33-22)32-19-21(27)10-5/h10,21-26H,5-9,11-20,27H2,1-4H3/t21-,22?,23-,24-,25-,26+/m1/s1. The van der Waals surface area contributed by atoms with Gasteiger partial charge in [-0.1, -0.05) is 59.5 Å². The Morgan fingerprint density at radius 3 is 1.82 bits per heavy atom. The van der Waals surface area contributed by atoms with Crippen molar-refractivity contribution in [2.45, 2.75) is 116 Å². The number of hydrogen-bond donors (Lipinski definition) is 1. The van der Waals surface area contributed by atoms with E-state index >= 15 is 0 Å². The molecule has 0 bridgehead atoms. The van der Waals surface area contributed by atoms with Gasteiger partial charge in [0.25, 0.3) is 0 Å². The van der Waals surface area contributed by atoms with Gasteiger partial charge < -0.3 is 34.2 Å². The molecule has 0 amide bonds. The molecule has 0 spiro atoms. The number of rotatable bonds is 21. The summed E-state index contributed by atoms with van der Waals surface area (Å²) in [5, 5.41) is 0. The van der Waals surface area contributed by atoms with Crippen LogP contribution < -0.4 is 5.73 Å². The molecule has 33 heavy (non-hydrogen) atoms. The van der Waals surface area contributed by atoms with E-state index in [2.05, 4.69) is 34.3 Å². The maximum Gasteiger partial charge on any atom is 0.187 e. The molecule has 6 atom stereocenters. The summed E-state index contributed by atoms with van der Waals surface area (Å²) in [5.74, 6) is 0. The lowest BCUT2D eigenvalue weighted by Gasteiger charge is -2.46. The first-order valence-electron chi connectivity index (χ1n) is 13.2. The lowest BCUT2D eigenvalue weighted by atomic mass is 9.98. The minimum Gasteiger partial charge on any atom is -0.379 e. The summed E-state index contributed by atoms with van der Waals surface area (Å²) in [6, 6.07) is -0.276. The van der Waals surface area contributed by atoms with Crippen LogP contribution in [0.15, 0.2) is 12.7 Å². The average Bonchev–Trinajstić information content (AvgIpc) is 2.82. The van der Waals surface area contributed by atoms with Crippen LogP contribution in [0.4, 0.5) is 0 Å². The molecule has 1 unspecified atom stereocenters. The fraction of sp³-hybridized carbons (Fsp3) is 0.923. The third-order valence-corrected chi connectivity index (χ3v) is 5.70. The zero-order chi connectivity index (χ0) is 24.3. The van der Waals surface area contributed by atoms with Gasteiger partial charge in [-0.05, 0) is 25.7 Å². The van der Waals surface area contributed by atoms with Gasteiger partial charge in [-0.15, -0.1) is 6.58 Å². The van der Waals surface area contributed by atoms with E-state index in [1.165, 1.54) is 0 Å². The van der Waals surface area contributed by atoms with Gasteiger partial charge in [0.15, 0.2) is 6.29 Å². The molecular formula is C26H51NO6. The molecule has 1 heterocycles. The highest BCUT2D eigenvalue weighted by molar-refractivity contribution is 4.94. The van der Waals surface area contributed by atoms with E-state index in [1.54, 1.807) is 6.08 Å². The summed E-state index contributed by atoms with van der Waals surface area (Å²) in [5.41, 5.74) is 6.03. The van der Waals surface area contributed by atoms with Crippen molar-refractivity contribution >= 4 is 0 Å². The van der Waals surface area contributed by atoms with Crippen molar-refractivity contribution < 1.29 is 28.4 Å². The van der Waals surface area contributed by atoms with E-state index in [0.29, 0.717) is 39.6 Å². The first kappa shape index (κ1) is 30.5. The van der Waals surface area contributed by atoms with Crippen LogP contribution in [0.5, 0.6) is 0 Å². The van der Waals surface area contributed by atoms with E-state index < -0.39 is 12.4 Å². The highest BCUT2D eigenvalue weighted by atomic mass is 16.7. The Morgan fingerprint density at radius 1 is 0.758 bits per heavy atom. The predicted molar refractivity (Wildman–Crippen MR) is 132 cm³/mol. The van der Waals surface area contributed by atoms with E-state index in [0.717, 1.165) is 51.4 Å². The van der Waals surface area contributed by atoms with E-state index in [9.17, 15) is 0 Å². The Hall–Kier alpha value is -0.540. The maximum absolute atomic E-state index is 6.42. The van der Waals surface area contributed by atoms with Gasteiger partial charge in [-0.3, -0.25) is 0 Å². The number of unbranched alkanes of at least 4 members (excludes halogenated alkanes) is 4. The lowest BCUT2D eigenvalue weighted by Crippen LogP contribution is -2.62. The Kier molecular flexibility index (Phi) is 18.2. The van der Waals surface area contributed by atoms with Gasteiger partial charge in [0.05, 0.1) is 13.2 Å². The van der Waals surface area contributed by atoms with Crippen LogP contribution in [0.3, 0.4) is 0 Å². The Labute approximate surface area is 202 Å². The zero-order valence-electron chi connectivity index (χ0n) is 21.7. The van der Waals surface area contributed by atoms with Crippen molar-refractivity contribution in [2.24, 2.45) is 5.73 Å². The monoisotopic (exact) mass is 473 g/mol. The van der Waals surface area contributed by atoms with E-state index in [1.807, 2.05) is 0 Å². The van der Waals surface area contributed by atoms with Gasteiger partial charge in [0.1, 0.15) is 24.4 Å². The predicted octanol–water partition coefficient (Wildman–Crippen LogP) is 4.61. The number of ether oxygens (including phenoxy) is 6. The molecule has 7 heteroatoms. The largest absolute Gasteiger partial charge is 0.379 e. The van der Waals surface area contributed by atoms with Crippen LogP contribution in [0.2, 0.25) is 0 Å². The van der Waals surface area contributed by atoms with Crippen molar-refractivity contribution in [3.05, 3.63) is 12.7 Å².